The van der Waals surface area contributed by atoms with Gasteiger partial charge in [0.25, 0.3) is 5.91 Å². The van der Waals surface area contributed by atoms with Gasteiger partial charge in [0.1, 0.15) is 0 Å². The Balaban J connectivity index is 1.96. The minimum atomic E-state index is -0.401. The van der Waals surface area contributed by atoms with Crippen molar-refractivity contribution in [3.05, 3.63) is 63.4 Å². The quantitative estimate of drug-likeness (QED) is 0.369. The largest absolute Gasteiger partial charge is 0.493 e. The van der Waals surface area contributed by atoms with Gasteiger partial charge in [-0.2, -0.15) is 5.10 Å². The summed E-state index contributed by atoms with van der Waals surface area (Å²) in [5.41, 5.74) is 4.85. The molecule has 0 saturated carbocycles. The zero-order valence-corrected chi connectivity index (χ0v) is 21.7. The standard InChI is InChI=1S/C25H30ClN5O4/c1-14-10-18(26)8-9-20(14)28-25(27-13-19-15(2)30-31(4)16(19)3)29-24(32)17-11-21(33-5)23(35-7)22(12-17)34-6/h8-12H,13H2,1-7H3,(H2,27,28,29,32). The average molecular weight is 500 g/mol. The maximum atomic E-state index is 13.2. The number of hydrogen-bond acceptors (Lipinski definition) is 6. The number of carbonyl (C=O) groups excluding carboxylic acids is 1. The van der Waals surface area contributed by atoms with Crippen molar-refractivity contribution < 1.29 is 19.0 Å². The van der Waals surface area contributed by atoms with Gasteiger partial charge in [-0.1, -0.05) is 11.6 Å². The second-order valence-corrected chi connectivity index (χ2v) is 8.33. The molecule has 1 aromatic heterocycles. The monoisotopic (exact) mass is 499 g/mol. The summed E-state index contributed by atoms with van der Waals surface area (Å²) in [6, 6.07) is 8.59. The Morgan fingerprint density at radius 3 is 2.23 bits per heavy atom. The van der Waals surface area contributed by atoms with Crippen LogP contribution < -0.4 is 24.8 Å². The summed E-state index contributed by atoms with van der Waals surface area (Å²) >= 11 is 6.11. The molecule has 9 nitrogen and oxygen atoms in total. The number of aliphatic imine (C=N–C) groups is 1. The molecule has 1 heterocycles. The summed E-state index contributed by atoms with van der Waals surface area (Å²) in [5.74, 6) is 1.02. The summed E-state index contributed by atoms with van der Waals surface area (Å²) < 4.78 is 17.9. The smallest absolute Gasteiger partial charge is 0.258 e. The van der Waals surface area contributed by atoms with Crippen LogP contribution >= 0.6 is 11.6 Å². The molecule has 35 heavy (non-hydrogen) atoms. The van der Waals surface area contributed by atoms with E-state index in [-0.39, 0.29) is 5.96 Å². The number of amides is 1. The highest BCUT2D eigenvalue weighted by molar-refractivity contribution is 6.30. The number of hydrogen-bond donors (Lipinski definition) is 2. The molecule has 2 aromatic carbocycles. The van der Waals surface area contributed by atoms with Gasteiger partial charge in [-0.05, 0) is 56.7 Å². The molecule has 0 atom stereocenters. The van der Waals surface area contributed by atoms with E-state index in [1.54, 1.807) is 18.2 Å². The fraction of sp³-hybridized carbons (Fsp3) is 0.320. The number of rotatable bonds is 7. The molecular weight excluding hydrogens is 470 g/mol. The van der Waals surface area contributed by atoms with E-state index in [0.717, 1.165) is 28.2 Å². The number of halogens is 1. The van der Waals surface area contributed by atoms with Crippen molar-refractivity contribution in [2.24, 2.45) is 12.0 Å². The molecule has 3 aromatic rings. The molecule has 1 amide bonds. The number of methoxy groups -OCH3 is 3. The van der Waals surface area contributed by atoms with Gasteiger partial charge < -0.3 is 19.5 Å². The maximum Gasteiger partial charge on any atom is 0.258 e. The predicted octanol–water partition coefficient (Wildman–Crippen LogP) is 4.42. The van der Waals surface area contributed by atoms with Gasteiger partial charge in [-0.25, -0.2) is 4.99 Å². The van der Waals surface area contributed by atoms with Crippen LogP contribution in [0.25, 0.3) is 0 Å². The van der Waals surface area contributed by atoms with Crippen molar-refractivity contribution in [3.63, 3.8) is 0 Å². The molecule has 0 radical (unpaired) electrons. The van der Waals surface area contributed by atoms with E-state index >= 15 is 0 Å². The number of guanidine groups is 1. The van der Waals surface area contributed by atoms with Crippen LogP contribution in [0.4, 0.5) is 5.69 Å². The Morgan fingerprint density at radius 2 is 1.71 bits per heavy atom. The van der Waals surface area contributed by atoms with Gasteiger partial charge in [0, 0.05) is 34.6 Å². The minimum absolute atomic E-state index is 0.275. The van der Waals surface area contributed by atoms with E-state index in [4.69, 9.17) is 25.8 Å². The summed E-state index contributed by atoms with van der Waals surface area (Å²) in [6.45, 7) is 6.16. The molecular formula is C25H30ClN5O4. The van der Waals surface area contributed by atoms with E-state index in [9.17, 15) is 4.79 Å². The van der Waals surface area contributed by atoms with Gasteiger partial charge in [-0.15, -0.1) is 0 Å². The predicted molar refractivity (Wildman–Crippen MR) is 137 cm³/mol. The maximum absolute atomic E-state index is 13.2. The fourth-order valence-electron chi connectivity index (χ4n) is 3.60. The molecule has 0 fully saturated rings. The first-order chi connectivity index (χ1) is 16.7. The van der Waals surface area contributed by atoms with Crippen LogP contribution in [0.5, 0.6) is 17.2 Å². The van der Waals surface area contributed by atoms with Crippen LogP contribution in [0.15, 0.2) is 35.3 Å². The second kappa shape index (κ2) is 11.1. The number of aryl methyl sites for hydroxylation is 3. The summed E-state index contributed by atoms with van der Waals surface area (Å²) in [7, 11) is 6.38. The number of nitrogens with one attached hydrogen (secondary N) is 2. The van der Waals surface area contributed by atoms with Crippen molar-refractivity contribution in [1.29, 1.82) is 0 Å². The number of ether oxygens (including phenoxy) is 3. The van der Waals surface area contributed by atoms with E-state index in [1.165, 1.54) is 21.3 Å². The van der Waals surface area contributed by atoms with Crippen LogP contribution in [-0.2, 0) is 13.6 Å². The van der Waals surface area contributed by atoms with Gasteiger partial charge >= 0.3 is 0 Å². The molecule has 0 unspecified atom stereocenters. The third kappa shape index (κ3) is 5.86. The molecule has 0 aliphatic rings. The van der Waals surface area contributed by atoms with Crippen LogP contribution in [-0.4, -0.2) is 43.0 Å². The van der Waals surface area contributed by atoms with Gasteiger partial charge in [0.15, 0.2) is 11.5 Å². The Morgan fingerprint density at radius 1 is 1.06 bits per heavy atom. The third-order valence-electron chi connectivity index (χ3n) is 5.65. The van der Waals surface area contributed by atoms with Crippen LogP contribution in [0.3, 0.4) is 0 Å². The highest BCUT2D eigenvalue weighted by Crippen LogP contribution is 2.38. The van der Waals surface area contributed by atoms with Gasteiger partial charge in [0.05, 0.1) is 33.6 Å². The van der Waals surface area contributed by atoms with Crippen LogP contribution in [0, 0.1) is 20.8 Å². The molecule has 0 saturated heterocycles. The Bertz CT molecular complexity index is 1240. The number of aromatic nitrogens is 2. The molecule has 0 bridgehead atoms. The third-order valence-corrected chi connectivity index (χ3v) is 5.89. The zero-order chi connectivity index (χ0) is 25.7. The Labute approximate surface area is 210 Å². The first-order valence-electron chi connectivity index (χ1n) is 10.9. The molecule has 0 aliphatic heterocycles. The van der Waals surface area contributed by atoms with Crippen molar-refractivity contribution in [2.75, 3.05) is 26.6 Å². The molecule has 0 aliphatic carbocycles. The topological polar surface area (TPSA) is 99.0 Å². The number of nitrogens with zero attached hydrogens (tertiary/aromatic N) is 3. The highest BCUT2D eigenvalue weighted by Gasteiger charge is 2.19. The number of anilines is 1. The van der Waals surface area contributed by atoms with Crippen LogP contribution in [0.1, 0.15) is 32.9 Å². The van der Waals surface area contributed by atoms with Crippen LogP contribution in [0.2, 0.25) is 5.02 Å². The van der Waals surface area contributed by atoms with E-state index in [0.29, 0.717) is 34.4 Å². The second-order valence-electron chi connectivity index (χ2n) is 7.89. The number of carbonyl (C=O) groups is 1. The van der Waals surface area contributed by atoms with E-state index in [1.807, 2.05) is 44.6 Å². The van der Waals surface area contributed by atoms with Crippen molar-refractivity contribution >= 4 is 29.2 Å². The Hall–Kier alpha value is -3.72. The summed E-state index contributed by atoms with van der Waals surface area (Å²) in [6.07, 6.45) is 0. The zero-order valence-electron chi connectivity index (χ0n) is 20.9. The summed E-state index contributed by atoms with van der Waals surface area (Å²) in [5, 5.41) is 11.1. The lowest BCUT2D eigenvalue weighted by atomic mass is 10.1. The lowest BCUT2D eigenvalue weighted by Gasteiger charge is -2.16. The highest BCUT2D eigenvalue weighted by atomic mass is 35.5. The SMILES string of the molecule is COc1cc(C(=O)NC(=NCc2c(C)nn(C)c2C)Nc2ccc(Cl)cc2C)cc(OC)c1OC. The molecule has 0 spiro atoms. The molecule has 3 rings (SSSR count). The van der Waals surface area contributed by atoms with Crippen molar-refractivity contribution in [1.82, 2.24) is 15.1 Å². The lowest BCUT2D eigenvalue weighted by molar-refractivity contribution is 0.0976. The van der Waals surface area contributed by atoms with E-state index < -0.39 is 5.91 Å². The molecule has 186 valence electrons. The molecule has 10 heteroatoms. The minimum Gasteiger partial charge on any atom is -0.493 e. The first-order valence-corrected chi connectivity index (χ1v) is 11.2. The normalized spacial score (nSPS) is 11.3. The van der Waals surface area contributed by atoms with Crippen molar-refractivity contribution in [3.8, 4) is 17.2 Å². The summed E-state index contributed by atoms with van der Waals surface area (Å²) in [4.78, 5) is 17.9. The average Bonchev–Trinajstić information content (AvgIpc) is 3.08. The van der Waals surface area contributed by atoms with Crippen molar-refractivity contribution in [2.45, 2.75) is 27.3 Å². The fourth-order valence-corrected chi connectivity index (χ4v) is 3.83. The van der Waals surface area contributed by atoms with Gasteiger partial charge in [0.2, 0.25) is 11.7 Å². The lowest BCUT2D eigenvalue weighted by Crippen LogP contribution is -2.36. The van der Waals surface area contributed by atoms with E-state index in [2.05, 4.69) is 20.7 Å². The first kappa shape index (κ1) is 25.9. The number of benzene rings is 2. The Kier molecular flexibility index (Phi) is 8.24. The molecule has 2 N–H and O–H groups in total. The van der Waals surface area contributed by atoms with Gasteiger partial charge in [-0.3, -0.25) is 14.8 Å².